The van der Waals surface area contributed by atoms with Crippen LogP contribution in [-0.4, -0.2) is 43.0 Å². The number of benzene rings is 2. The van der Waals surface area contributed by atoms with Crippen molar-refractivity contribution in [3.05, 3.63) is 76.9 Å². The molecule has 0 spiro atoms. The maximum atomic E-state index is 12.6. The second-order valence-corrected chi connectivity index (χ2v) is 7.94. The highest BCUT2D eigenvalue weighted by molar-refractivity contribution is 8.18. The van der Waals surface area contributed by atoms with Crippen LogP contribution in [0.3, 0.4) is 0 Å². The largest absolute Gasteiger partial charge is 0.506 e. The van der Waals surface area contributed by atoms with Crippen LogP contribution >= 0.6 is 11.8 Å². The number of aliphatic hydroxyl groups excluding tert-OH is 1. The van der Waals surface area contributed by atoms with Crippen molar-refractivity contribution >= 4 is 34.5 Å². The normalized spacial score (nSPS) is 15.5. The van der Waals surface area contributed by atoms with Crippen molar-refractivity contribution in [1.29, 1.82) is 0 Å². The van der Waals surface area contributed by atoms with E-state index in [2.05, 4.69) is 11.6 Å². The number of aliphatic hydroxyl groups is 1. The number of ether oxygens (including phenoxy) is 4. The summed E-state index contributed by atoms with van der Waals surface area (Å²) in [5, 5.41) is 11.3. The van der Waals surface area contributed by atoms with Crippen molar-refractivity contribution in [3.8, 4) is 17.2 Å². The highest BCUT2D eigenvalue weighted by Crippen LogP contribution is 2.41. The molecule has 0 atom stereocenters. The minimum Gasteiger partial charge on any atom is -0.506 e. The summed E-state index contributed by atoms with van der Waals surface area (Å²) in [5.74, 6) is 1.05. The maximum absolute atomic E-state index is 12.6. The van der Waals surface area contributed by atoms with Crippen molar-refractivity contribution in [2.45, 2.75) is 13.8 Å². The van der Waals surface area contributed by atoms with Crippen LogP contribution in [0, 0.1) is 0 Å². The van der Waals surface area contributed by atoms with Gasteiger partial charge in [0.2, 0.25) is 0 Å². The fraction of sp³-hybridized carbons (Fsp3) is 0.231. The van der Waals surface area contributed by atoms with Gasteiger partial charge in [-0.3, -0.25) is 0 Å². The molecule has 1 N–H and O–H groups in total. The molecule has 34 heavy (non-hydrogen) atoms. The van der Waals surface area contributed by atoms with E-state index < -0.39 is 5.97 Å². The Morgan fingerprint density at radius 1 is 1.09 bits per heavy atom. The Morgan fingerprint density at radius 2 is 1.85 bits per heavy atom. The number of hydrogen-bond donors (Lipinski definition) is 1. The van der Waals surface area contributed by atoms with E-state index in [4.69, 9.17) is 18.9 Å². The van der Waals surface area contributed by atoms with Crippen LogP contribution in [0.2, 0.25) is 0 Å². The molecule has 0 unspecified atom stereocenters. The van der Waals surface area contributed by atoms with Gasteiger partial charge in [0.25, 0.3) is 0 Å². The van der Waals surface area contributed by atoms with E-state index in [0.29, 0.717) is 46.1 Å². The molecule has 0 bridgehead atoms. The predicted molar refractivity (Wildman–Crippen MR) is 135 cm³/mol. The van der Waals surface area contributed by atoms with E-state index >= 15 is 0 Å². The van der Waals surface area contributed by atoms with Crippen LogP contribution in [0.25, 0.3) is 6.08 Å². The summed E-state index contributed by atoms with van der Waals surface area (Å²) in [6.07, 6.45) is 3.42. The summed E-state index contributed by atoms with van der Waals surface area (Å²) in [6.45, 7) is 8.26. The van der Waals surface area contributed by atoms with Crippen LogP contribution in [0.4, 0.5) is 5.69 Å². The standard InChI is InChI=1S/C26H27NO6S/c1-5-14-33-20-13-8-17(15-21(20)31-6-2)16-22-24(28)23(26(29)32-7-3)25(34-22)27-18-9-11-19(30-4)12-10-18/h5,8-13,15-16,28H,1,6-7,14H2,2-4H3/b22-16-,27-25?. The molecular formula is C26H27NO6S. The molecule has 0 saturated heterocycles. The lowest BCUT2D eigenvalue weighted by molar-refractivity contribution is -0.138. The third-order valence-corrected chi connectivity index (χ3v) is 5.62. The SMILES string of the molecule is C=CCOc1ccc(/C=C2\SC(=Nc3ccc(OC)cc3)C(C(=O)OCC)=C2O)cc1OCC. The van der Waals surface area contributed by atoms with Gasteiger partial charge in [-0.1, -0.05) is 30.5 Å². The molecule has 1 heterocycles. The lowest BCUT2D eigenvalue weighted by atomic mass is 10.1. The smallest absolute Gasteiger partial charge is 0.344 e. The molecule has 0 amide bonds. The lowest BCUT2D eigenvalue weighted by Crippen LogP contribution is -2.12. The summed E-state index contributed by atoms with van der Waals surface area (Å²) in [4.78, 5) is 17.6. The molecule has 7 nitrogen and oxygen atoms in total. The van der Waals surface area contributed by atoms with Crippen molar-refractivity contribution < 1.29 is 28.8 Å². The van der Waals surface area contributed by atoms with E-state index in [-0.39, 0.29) is 17.9 Å². The fourth-order valence-electron chi connectivity index (χ4n) is 3.07. The van der Waals surface area contributed by atoms with Crippen molar-refractivity contribution in [3.63, 3.8) is 0 Å². The first kappa shape index (κ1) is 25.0. The zero-order valence-corrected chi connectivity index (χ0v) is 20.2. The summed E-state index contributed by atoms with van der Waals surface area (Å²) in [6, 6.07) is 12.5. The monoisotopic (exact) mass is 481 g/mol. The Labute approximate surface area is 203 Å². The van der Waals surface area contributed by atoms with Crippen LogP contribution in [0.15, 0.2) is 76.3 Å². The van der Waals surface area contributed by atoms with Gasteiger partial charge in [-0.2, -0.15) is 0 Å². The molecule has 178 valence electrons. The van der Waals surface area contributed by atoms with E-state index in [1.165, 1.54) is 11.8 Å². The second kappa shape index (κ2) is 12.0. The topological polar surface area (TPSA) is 86.6 Å². The molecule has 1 aliphatic heterocycles. The molecule has 0 radical (unpaired) electrons. The quantitative estimate of drug-likeness (QED) is 0.336. The van der Waals surface area contributed by atoms with Crippen LogP contribution in [0.1, 0.15) is 19.4 Å². The summed E-state index contributed by atoms with van der Waals surface area (Å²) >= 11 is 1.19. The van der Waals surface area contributed by atoms with Crippen LogP contribution < -0.4 is 14.2 Å². The third-order valence-electron chi connectivity index (χ3n) is 4.60. The lowest BCUT2D eigenvalue weighted by Gasteiger charge is -2.11. The number of rotatable bonds is 10. The van der Waals surface area contributed by atoms with Gasteiger partial charge in [0.15, 0.2) is 11.5 Å². The summed E-state index contributed by atoms with van der Waals surface area (Å²) < 4.78 is 21.7. The second-order valence-electron chi connectivity index (χ2n) is 6.91. The van der Waals surface area contributed by atoms with Gasteiger partial charge in [-0.05, 0) is 61.9 Å². The van der Waals surface area contributed by atoms with Gasteiger partial charge in [0.1, 0.15) is 28.7 Å². The molecule has 1 aliphatic rings. The average Bonchev–Trinajstić information content (AvgIpc) is 3.13. The van der Waals surface area contributed by atoms with Crippen molar-refractivity contribution in [2.24, 2.45) is 4.99 Å². The molecule has 0 fully saturated rings. The van der Waals surface area contributed by atoms with Gasteiger partial charge in [0, 0.05) is 0 Å². The first-order chi connectivity index (χ1) is 16.5. The number of aliphatic imine (C=N–C) groups is 1. The molecule has 0 aromatic heterocycles. The number of thioether (sulfide) groups is 1. The maximum Gasteiger partial charge on any atom is 0.344 e. The number of carbonyl (C=O) groups is 1. The zero-order valence-electron chi connectivity index (χ0n) is 19.4. The average molecular weight is 482 g/mol. The first-order valence-electron chi connectivity index (χ1n) is 10.7. The summed E-state index contributed by atoms with van der Waals surface area (Å²) in [7, 11) is 1.58. The molecule has 2 aromatic rings. The Morgan fingerprint density at radius 3 is 2.50 bits per heavy atom. The molecular weight excluding hydrogens is 454 g/mol. The van der Waals surface area contributed by atoms with E-state index in [1.54, 1.807) is 56.5 Å². The van der Waals surface area contributed by atoms with E-state index in [9.17, 15) is 9.90 Å². The molecule has 0 saturated carbocycles. The Balaban J connectivity index is 1.99. The van der Waals surface area contributed by atoms with Gasteiger partial charge in [0.05, 0.1) is 30.9 Å². The number of nitrogens with zero attached hydrogens (tertiary/aromatic N) is 1. The number of carbonyl (C=O) groups excluding carboxylic acids is 1. The minimum absolute atomic E-state index is 0.0323. The predicted octanol–water partition coefficient (Wildman–Crippen LogP) is 5.85. The Kier molecular flexibility index (Phi) is 8.81. The third kappa shape index (κ3) is 6.02. The molecule has 2 aromatic carbocycles. The van der Waals surface area contributed by atoms with Crippen LogP contribution in [-0.2, 0) is 9.53 Å². The Bertz CT molecular complexity index is 1130. The highest BCUT2D eigenvalue weighted by atomic mass is 32.2. The van der Waals surface area contributed by atoms with Crippen molar-refractivity contribution in [2.75, 3.05) is 26.9 Å². The number of hydrogen-bond acceptors (Lipinski definition) is 8. The van der Waals surface area contributed by atoms with Crippen LogP contribution in [0.5, 0.6) is 17.2 Å². The van der Waals surface area contributed by atoms with Gasteiger partial charge < -0.3 is 24.1 Å². The first-order valence-corrected chi connectivity index (χ1v) is 11.6. The van der Waals surface area contributed by atoms with Crippen molar-refractivity contribution in [1.82, 2.24) is 0 Å². The van der Waals surface area contributed by atoms with E-state index in [0.717, 1.165) is 5.56 Å². The van der Waals surface area contributed by atoms with Gasteiger partial charge in [-0.15, -0.1) is 0 Å². The van der Waals surface area contributed by atoms with Gasteiger partial charge >= 0.3 is 5.97 Å². The minimum atomic E-state index is -0.633. The van der Waals surface area contributed by atoms with Gasteiger partial charge in [-0.25, -0.2) is 9.79 Å². The Hall–Kier alpha value is -3.65. The summed E-state index contributed by atoms with van der Waals surface area (Å²) in [5.41, 5.74) is 1.41. The van der Waals surface area contributed by atoms with E-state index in [1.807, 2.05) is 19.1 Å². The fourth-order valence-corrected chi connectivity index (χ4v) is 4.10. The highest BCUT2D eigenvalue weighted by Gasteiger charge is 2.33. The molecule has 3 rings (SSSR count). The zero-order chi connectivity index (χ0) is 24.5. The number of esters is 1. The number of methoxy groups -OCH3 is 1. The molecule has 8 heteroatoms. The molecule has 0 aliphatic carbocycles.